The Bertz CT molecular complexity index is 161. The van der Waals surface area contributed by atoms with Crippen molar-refractivity contribution in [1.29, 1.82) is 0 Å². The molecule has 2 unspecified atom stereocenters. The zero-order valence-corrected chi connectivity index (χ0v) is 9.76. The third kappa shape index (κ3) is 3.83. The van der Waals surface area contributed by atoms with Crippen molar-refractivity contribution in [3.63, 3.8) is 0 Å². The van der Waals surface area contributed by atoms with E-state index in [4.69, 9.17) is 0 Å². The largest absolute Gasteiger partial charge is 0.314 e. The molecule has 0 saturated heterocycles. The molecule has 14 heavy (non-hydrogen) atoms. The van der Waals surface area contributed by atoms with Crippen molar-refractivity contribution in [2.24, 2.45) is 11.8 Å². The highest BCUT2D eigenvalue weighted by atomic mass is 14.9. The average Bonchev–Trinajstić information content (AvgIpc) is 2.99. The van der Waals surface area contributed by atoms with Crippen LogP contribution in [0.1, 0.15) is 46.0 Å². The summed E-state index contributed by atoms with van der Waals surface area (Å²) >= 11 is 0. The van der Waals surface area contributed by atoms with Gasteiger partial charge in [0.1, 0.15) is 0 Å². The minimum atomic E-state index is 0.743. The highest BCUT2D eigenvalue weighted by molar-refractivity contribution is 4.86. The Kier molecular flexibility index (Phi) is 5.24. The van der Waals surface area contributed by atoms with Crippen molar-refractivity contribution < 1.29 is 0 Å². The van der Waals surface area contributed by atoms with E-state index in [0.717, 1.165) is 24.4 Å². The molecule has 82 valence electrons. The normalized spacial score (nSPS) is 20.4. The number of hydrogen-bond acceptors (Lipinski definition) is 1. The second kappa shape index (κ2) is 6.23. The fourth-order valence-electron chi connectivity index (χ4n) is 2.25. The zero-order valence-electron chi connectivity index (χ0n) is 9.76. The monoisotopic (exact) mass is 195 g/mol. The summed E-state index contributed by atoms with van der Waals surface area (Å²) in [5.41, 5.74) is 0. The van der Waals surface area contributed by atoms with Gasteiger partial charge in [0.25, 0.3) is 0 Å². The Balaban J connectivity index is 2.24. The minimum Gasteiger partial charge on any atom is -0.314 e. The van der Waals surface area contributed by atoms with Crippen LogP contribution in [0.5, 0.6) is 0 Å². The SMILES string of the molecule is C=CCCCC(NCC)C(C)C1CC1. The van der Waals surface area contributed by atoms with E-state index in [1.165, 1.54) is 32.1 Å². The number of unbranched alkanes of at least 4 members (excludes halogenated alkanes) is 1. The molecule has 1 N–H and O–H groups in total. The molecule has 0 amide bonds. The summed E-state index contributed by atoms with van der Waals surface area (Å²) in [5, 5.41) is 3.63. The van der Waals surface area contributed by atoms with Crippen LogP contribution >= 0.6 is 0 Å². The lowest BCUT2D eigenvalue weighted by atomic mass is 9.92. The smallest absolute Gasteiger partial charge is 0.00953 e. The second-order valence-corrected chi connectivity index (χ2v) is 4.58. The molecule has 1 rings (SSSR count). The van der Waals surface area contributed by atoms with E-state index in [0.29, 0.717) is 0 Å². The highest BCUT2D eigenvalue weighted by Gasteiger charge is 2.32. The van der Waals surface area contributed by atoms with E-state index in [9.17, 15) is 0 Å². The van der Waals surface area contributed by atoms with Gasteiger partial charge in [-0.2, -0.15) is 0 Å². The Hall–Kier alpha value is -0.300. The lowest BCUT2D eigenvalue weighted by Gasteiger charge is -2.24. The summed E-state index contributed by atoms with van der Waals surface area (Å²) in [4.78, 5) is 0. The molecule has 1 fully saturated rings. The van der Waals surface area contributed by atoms with Gasteiger partial charge in [-0.1, -0.05) is 19.9 Å². The fraction of sp³-hybridized carbons (Fsp3) is 0.846. The molecule has 1 nitrogen and oxygen atoms in total. The molecule has 1 saturated carbocycles. The lowest BCUT2D eigenvalue weighted by molar-refractivity contribution is 0.325. The first-order valence-corrected chi connectivity index (χ1v) is 6.13. The number of allylic oxidation sites excluding steroid dienone is 1. The third-order valence-corrected chi connectivity index (χ3v) is 3.39. The number of hydrogen-bond donors (Lipinski definition) is 1. The summed E-state index contributed by atoms with van der Waals surface area (Å²) < 4.78 is 0. The van der Waals surface area contributed by atoms with Gasteiger partial charge in [-0.15, -0.1) is 6.58 Å². The van der Waals surface area contributed by atoms with Gasteiger partial charge >= 0.3 is 0 Å². The van der Waals surface area contributed by atoms with Crippen LogP contribution in [-0.2, 0) is 0 Å². The average molecular weight is 195 g/mol. The maximum atomic E-state index is 3.78. The summed E-state index contributed by atoms with van der Waals surface area (Å²) in [6.45, 7) is 9.51. The summed E-state index contributed by atoms with van der Waals surface area (Å²) in [7, 11) is 0. The van der Waals surface area contributed by atoms with Crippen LogP contribution in [0.2, 0.25) is 0 Å². The van der Waals surface area contributed by atoms with Gasteiger partial charge in [0.15, 0.2) is 0 Å². The molecule has 0 spiro atoms. The Morgan fingerprint density at radius 3 is 2.71 bits per heavy atom. The maximum absolute atomic E-state index is 3.78. The van der Waals surface area contributed by atoms with Crippen LogP contribution in [0.3, 0.4) is 0 Å². The van der Waals surface area contributed by atoms with E-state index in [1.54, 1.807) is 0 Å². The molecule has 0 aromatic rings. The predicted octanol–water partition coefficient (Wildman–Crippen LogP) is 3.37. The van der Waals surface area contributed by atoms with Gasteiger partial charge in [0.05, 0.1) is 0 Å². The Morgan fingerprint density at radius 1 is 1.50 bits per heavy atom. The van der Waals surface area contributed by atoms with Gasteiger partial charge < -0.3 is 5.32 Å². The molecule has 0 heterocycles. The first kappa shape index (κ1) is 11.8. The molecule has 2 atom stereocenters. The van der Waals surface area contributed by atoms with E-state index in [2.05, 4.69) is 25.7 Å². The molecule has 1 aliphatic carbocycles. The maximum Gasteiger partial charge on any atom is 0.00953 e. The van der Waals surface area contributed by atoms with Gasteiger partial charge in [0, 0.05) is 6.04 Å². The van der Waals surface area contributed by atoms with Crippen molar-refractivity contribution in [3.8, 4) is 0 Å². The standard InChI is InChI=1S/C13H25N/c1-4-6-7-8-13(14-5-2)11(3)12-9-10-12/h4,11-14H,1,5-10H2,2-3H3. The van der Waals surface area contributed by atoms with Crippen molar-refractivity contribution in [2.75, 3.05) is 6.54 Å². The second-order valence-electron chi connectivity index (χ2n) is 4.58. The molecule has 0 aromatic heterocycles. The van der Waals surface area contributed by atoms with Crippen molar-refractivity contribution in [2.45, 2.75) is 52.0 Å². The fourth-order valence-corrected chi connectivity index (χ4v) is 2.25. The third-order valence-electron chi connectivity index (χ3n) is 3.39. The van der Waals surface area contributed by atoms with Crippen molar-refractivity contribution in [3.05, 3.63) is 12.7 Å². The Labute approximate surface area is 89.0 Å². The van der Waals surface area contributed by atoms with Crippen LogP contribution in [0.15, 0.2) is 12.7 Å². The first-order chi connectivity index (χ1) is 6.79. The highest BCUT2D eigenvalue weighted by Crippen LogP contribution is 2.39. The molecule has 0 bridgehead atoms. The van der Waals surface area contributed by atoms with Gasteiger partial charge in [-0.05, 0) is 50.5 Å². The summed E-state index contributed by atoms with van der Waals surface area (Å²) in [6.07, 6.45) is 8.73. The topological polar surface area (TPSA) is 12.0 Å². The van der Waals surface area contributed by atoms with E-state index < -0.39 is 0 Å². The first-order valence-electron chi connectivity index (χ1n) is 6.13. The van der Waals surface area contributed by atoms with E-state index >= 15 is 0 Å². The van der Waals surface area contributed by atoms with Crippen LogP contribution in [0, 0.1) is 11.8 Å². The van der Waals surface area contributed by atoms with E-state index in [-0.39, 0.29) is 0 Å². The Morgan fingerprint density at radius 2 is 2.21 bits per heavy atom. The molecule has 1 aliphatic rings. The van der Waals surface area contributed by atoms with Crippen LogP contribution in [-0.4, -0.2) is 12.6 Å². The zero-order chi connectivity index (χ0) is 10.4. The summed E-state index contributed by atoms with van der Waals surface area (Å²) in [5.74, 6) is 1.89. The number of nitrogens with one attached hydrogen (secondary N) is 1. The van der Waals surface area contributed by atoms with Gasteiger partial charge in [-0.3, -0.25) is 0 Å². The molecular formula is C13H25N. The lowest BCUT2D eigenvalue weighted by Crippen LogP contribution is -2.35. The van der Waals surface area contributed by atoms with Crippen molar-refractivity contribution in [1.82, 2.24) is 5.32 Å². The molecular weight excluding hydrogens is 170 g/mol. The molecule has 0 aromatic carbocycles. The molecule has 0 radical (unpaired) electrons. The number of rotatable bonds is 8. The quantitative estimate of drug-likeness (QED) is 0.462. The summed E-state index contributed by atoms with van der Waals surface area (Å²) in [6, 6.07) is 0.743. The van der Waals surface area contributed by atoms with Gasteiger partial charge in [0.2, 0.25) is 0 Å². The molecule has 1 heteroatoms. The minimum absolute atomic E-state index is 0.743. The van der Waals surface area contributed by atoms with E-state index in [1.807, 2.05) is 6.08 Å². The van der Waals surface area contributed by atoms with Crippen LogP contribution in [0.4, 0.5) is 0 Å². The van der Waals surface area contributed by atoms with Crippen LogP contribution in [0.25, 0.3) is 0 Å². The molecule has 0 aliphatic heterocycles. The predicted molar refractivity (Wildman–Crippen MR) is 63.4 cm³/mol. The van der Waals surface area contributed by atoms with Gasteiger partial charge in [-0.25, -0.2) is 0 Å². The van der Waals surface area contributed by atoms with Crippen molar-refractivity contribution >= 4 is 0 Å². The van der Waals surface area contributed by atoms with Crippen LogP contribution < -0.4 is 5.32 Å².